The highest BCUT2D eigenvalue weighted by Crippen LogP contribution is 2.19. The molecule has 0 aliphatic rings. The molecule has 8 amide bonds. The fourth-order valence-corrected chi connectivity index (χ4v) is 7.11. The molecular formula is C43H62N12O8S. The summed E-state index contributed by atoms with van der Waals surface area (Å²) in [5, 5.41) is 28.2. The van der Waals surface area contributed by atoms with Crippen LogP contribution in [0.15, 0.2) is 43.0 Å². The lowest BCUT2D eigenvalue weighted by molar-refractivity contribution is -0.135. The smallest absolute Gasteiger partial charge is 0.243 e. The van der Waals surface area contributed by atoms with Gasteiger partial charge in [0.1, 0.15) is 36.3 Å². The van der Waals surface area contributed by atoms with Gasteiger partial charge in [-0.3, -0.25) is 38.4 Å². The first kappa shape index (κ1) is 51.9. The molecule has 3 rings (SSSR count). The second-order valence-electron chi connectivity index (χ2n) is 16.2. The van der Waals surface area contributed by atoms with Crippen LogP contribution in [0.1, 0.15) is 78.0 Å². The van der Waals surface area contributed by atoms with E-state index in [-0.39, 0.29) is 38.0 Å². The van der Waals surface area contributed by atoms with Crippen LogP contribution in [0.4, 0.5) is 0 Å². The SMILES string of the molecule is CSCC[C@H](NC(=O)[C@H](CC(C)C)NC(=O)[C@H](Cc1cnc[nH]1)NC(=O)CNC(=O)[C@@H](NC(=O)[C@H](C)NC(=O)[C@H](Cc1c[nH]c2ccccc12)NC(=O)CCCC#N)C(C)C)C(N)=O. The monoisotopic (exact) mass is 906 g/mol. The number of benzene rings is 1. The minimum Gasteiger partial charge on any atom is -0.368 e. The van der Waals surface area contributed by atoms with E-state index in [1.54, 1.807) is 20.0 Å². The van der Waals surface area contributed by atoms with Crippen LogP contribution in [0.5, 0.6) is 0 Å². The zero-order valence-corrected chi connectivity index (χ0v) is 38.0. The van der Waals surface area contributed by atoms with Crippen molar-refractivity contribution < 1.29 is 38.4 Å². The summed E-state index contributed by atoms with van der Waals surface area (Å²) in [4.78, 5) is 116. The molecule has 0 bridgehead atoms. The van der Waals surface area contributed by atoms with Gasteiger partial charge in [0.15, 0.2) is 0 Å². The van der Waals surface area contributed by atoms with Gasteiger partial charge in [-0.2, -0.15) is 17.0 Å². The van der Waals surface area contributed by atoms with Gasteiger partial charge in [0.2, 0.25) is 47.3 Å². The van der Waals surface area contributed by atoms with E-state index in [1.165, 1.54) is 31.2 Å². The van der Waals surface area contributed by atoms with E-state index in [4.69, 9.17) is 11.0 Å². The average molecular weight is 907 g/mol. The van der Waals surface area contributed by atoms with Gasteiger partial charge in [-0.25, -0.2) is 4.98 Å². The molecule has 21 heteroatoms. The van der Waals surface area contributed by atoms with Crippen molar-refractivity contribution in [3.63, 3.8) is 0 Å². The zero-order valence-electron chi connectivity index (χ0n) is 37.2. The van der Waals surface area contributed by atoms with E-state index < -0.39 is 96.0 Å². The molecule has 2 heterocycles. The maximum absolute atomic E-state index is 13.7. The molecule has 0 saturated carbocycles. The Morgan fingerprint density at radius 1 is 0.781 bits per heavy atom. The number of aromatic amines is 2. The molecule has 3 aromatic rings. The number of carbonyl (C=O) groups excluding carboxylic acids is 8. The number of imidazole rings is 1. The van der Waals surface area contributed by atoms with Crippen molar-refractivity contribution in [1.29, 1.82) is 5.26 Å². The molecule has 6 atom stereocenters. The van der Waals surface area contributed by atoms with Crippen molar-refractivity contribution in [3.8, 4) is 6.07 Å². The van der Waals surface area contributed by atoms with E-state index in [9.17, 15) is 38.4 Å². The van der Waals surface area contributed by atoms with Crippen LogP contribution in [0.25, 0.3) is 10.9 Å². The Kier molecular flexibility index (Phi) is 21.3. The molecule has 0 aliphatic carbocycles. The van der Waals surface area contributed by atoms with Crippen LogP contribution >= 0.6 is 11.8 Å². The van der Waals surface area contributed by atoms with Gasteiger partial charge in [0, 0.05) is 54.7 Å². The number of carbonyl (C=O) groups is 8. The number of nitrogens with zero attached hydrogens (tertiary/aromatic N) is 2. The molecule has 11 N–H and O–H groups in total. The quantitative estimate of drug-likeness (QED) is 0.0466. The number of rotatable bonds is 27. The molecule has 0 saturated heterocycles. The highest BCUT2D eigenvalue weighted by atomic mass is 32.2. The van der Waals surface area contributed by atoms with Gasteiger partial charge < -0.3 is 52.9 Å². The Morgan fingerprint density at radius 3 is 2.08 bits per heavy atom. The number of nitrogens with one attached hydrogen (secondary N) is 9. The molecule has 0 radical (unpaired) electrons. The number of fused-ring (bicyclic) bond motifs is 1. The summed E-state index contributed by atoms with van der Waals surface area (Å²) < 4.78 is 0. The molecule has 0 aliphatic heterocycles. The van der Waals surface area contributed by atoms with Crippen molar-refractivity contribution in [2.45, 2.75) is 116 Å². The summed E-state index contributed by atoms with van der Waals surface area (Å²) in [7, 11) is 0. The normalized spacial score (nSPS) is 13.9. The van der Waals surface area contributed by atoms with E-state index in [0.717, 1.165) is 16.5 Å². The van der Waals surface area contributed by atoms with E-state index in [0.29, 0.717) is 24.3 Å². The molecule has 0 spiro atoms. The van der Waals surface area contributed by atoms with Gasteiger partial charge in [-0.15, -0.1) is 0 Å². The third-order valence-corrected chi connectivity index (χ3v) is 10.8. The Bertz CT molecular complexity index is 2100. The van der Waals surface area contributed by atoms with Gasteiger partial charge >= 0.3 is 0 Å². The second kappa shape index (κ2) is 26.3. The van der Waals surface area contributed by atoms with Crippen LogP contribution < -0.4 is 43.0 Å². The van der Waals surface area contributed by atoms with Gasteiger partial charge in [0.25, 0.3) is 0 Å². The maximum atomic E-state index is 13.7. The highest BCUT2D eigenvalue weighted by molar-refractivity contribution is 7.98. The van der Waals surface area contributed by atoms with Crippen molar-refractivity contribution in [3.05, 3.63) is 54.2 Å². The summed E-state index contributed by atoms with van der Waals surface area (Å²) >= 11 is 1.48. The first-order valence-corrected chi connectivity index (χ1v) is 22.6. The number of primary amides is 1. The lowest BCUT2D eigenvalue weighted by Gasteiger charge is -2.26. The van der Waals surface area contributed by atoms with E-state index in [1.807, 2.05) is 50.4 Å². The Morgan fingerprint density at radius 2 is 1.44 bits per heavy atom. The van der Waals surface area contributed by atoms with Crippen LogP contribution in [0.3, 0.4) is 0 Å². The average Bonchev–Trinajstić information content (AvgIpc) is 3.92. The number of para-hydroxylation sites is 1. The van der Waals surface area contributed by atoms with Gasteiger partial charge in [-0.05, 0) is 61.7 Å². The standard InChI is InChI=1S/C43H62N12O8S/c1-24(2)17-32(41(61)53-31(38(45)58)14-16-64-6)54-42(62)34(19-28-21-46-23-49-28)52-36(57)22-48-43(63)37(25(3)4)55-39(59)26(5)50-40(60)33(51-35(56)13-9-10-15-44)18-27-20-47-30-12-8-7-11-29(27)30/h7-8,11-12,20-21,23-26,31-34,37,47H,9-10,13-14,16-19,22H2,1-6H3,(H2,45,58)(H,46,49)(H,48,63)(H,50,60)(H,51,56)(H,52,57)(H,53,61)(H,54,62)(H,55,59)/t26-,31-,32-,33-,34-,37-/m0/s1. The van der Waals surface area contributed by atoms with Crippen molar-refractivity contribution in [1.82, 2.24) is 52.2 Å². The highest BCUT2D eigenvalue weighted by Gasteiger charge is 2.32. The Hall–Kier alpha value is -6.43. The van der Waals surface area contributed by atoms with E-state index in [2.05, 4.69) is 52.2 Å². The summed E-state index contributed by atoms with van der Waals surface area (Å²) in [6.07, 6.45) is 7.52. The molecule has 348 valence electrons. The summed E-state index contributed by atoms with van der Waals surface area (Å²) in [5.74, 6) is -5.25. The third kappa shape index (κ3) is 17.0. The number of nitrogens with two attached hydrogens (primary N) is 1. The van der Waals surface area contributed by atoms with Crippen LogP contribution in [-0.4, -0.2) is 117 Å². The number of aromatic nitrogens is 3. The minimum absolute atomic E-state index is 0.0266. The molecule has 1 aromatic carbocycles. The summed E-state index contributed by atoms with van der Waals surface area (Å²) in [6, 6.07) is 2.80. The number of unbranched alkanes of at least 4 members (excludes halogenated alkanes) is 1. The van der Waals surface area contributed by atoms with E-state index >= 15 is 0 Å². The number of hydrogen-bond donors (Lipinski definition) is 10. The predicted molar refractivity (Wildman–Crippen MR) is 241 cm³/mol. The van der Waals surface area contributed by atoms with Crippen molar-refractivity contribution in [2.75, 3.05) is 18.6 Å². The zero-order chi connectivity index (χ0) is 47.3. The van der Waals surface area contributed by atoms with Crippen LogP contribution in [0.2, 0.25) is 0 Å². The lowest BCUT2D eigenvalue weighted by Crippen LogP contribution is -2.59. The fourth-order valence-electron chi connectivity index (χ4n) is 6.63. The Balaban J connectivity index is 1.66. The van der Waals surface area contributed by atoms with Crippen LogP contribution in [0, 0.1) is 23.2 Å². The molecular weight excluding hydrogens is 845 g/mol. The number of H-pyrrole nitrogens is 2. The molecule has 64 heavy (non-hydrogen) atoms. The molecule has 0 fully saturated rings. The molecule has 2 aromatic heterocycles. The fraction of sp³-hybridized carbons (Fsp3) is 0.535. The summed E-state index contributed by atoms with van der Waals surface area (Å²) in [6.45, 7) is 7.90. The summed E-state index contributed by atoms with van der Waals surface area (Å²) in [5.41, 5.74) is 7.61. The third-order valence-electron chi connectivity index (χ3n) is 10.1. The number of hydrogen-bond acceptors (Lipinski definition) is 11. The first-order valence-electron chi connectivity index (χ1n) is 21.2. The largest absolute Gasteiger partial charge is 0.368 e. The molecule has 0 unspecified atom stereocenters. The number of amides is 8. The topological polar surface area (TPSA) is 315 Å². The first-order chi connectivity index (χ1) is 30.4. The molecule has 20 nitrogen and oxygen atoms in total. The minimum atomic E-state index is -1.23. The maximum Gasteiger partial charge on any atom is 0.243 e. The van der Waals surface area contributed by atoms with Crippen LogP contribution in [-0.2, 0) is 51.2 Å². The van der Waals surface area contributed by atoms with Crippen molar-refractivity contribution in [2.24, 2.45) is 17.6 Å². The number of nitriles is 1. The van der Waals surface area contributed by atoms with Gasteiger partial charge in [-0.1, -0.05) is 45.9 Å². The predicted octanol–water partition coefficient (Wildman–Crippen LogP) is 0.355. The Labute approximate surface area is 376 Å². The number of thioether (sulfide) groups is 1. The second-order valence-corrected chi connectivity index (χ2v) is 17.2. The van der Waals surface area contributed by atoms with Crippen molar-refractivity contribution >= 4 is 69.9 Å². The lowest BCUT2D eigenvalue weighted by atomic mass is 10.0. The van der Waals surface area contributed by atoms with Gasteiger partial charge in [0.05, 0.1) is 18.9 Å².